The van der Waals surface area contributed by atoms with Gasteiger partial charge in [-0.05, 0) is 59.2 Å². The van der Waals surface area contributed by atoms with E-state index in [1.165, 1.54) is 0 Å². The van der Waals surface area contributed by atoms with E-state index >= 15 is 0 Å². The lowest BCUT2D eigenvalue weighted by Crippen LogP contribution is -1.98. The van der Waals surface area contributed by atoms with Gasteiger partial charge in [-0.25, -0.2) is 0 Å². The zero-order chi connectivity index (χ0) is 11.3. The fraction of sp³-hybridized carbons (Fsp3) is 0.364. The van der Waals surface area contributed by atoms with E-state index in [0.29, 0.717) is 6.42 Å². The van der Waals surface area contributed by atoms with E-state index in [1.807, 2.05) is 18.2 Å². The van der Waals surface area contributed by atoms with E-state index in [4.69, 9.17) is 9.84 Å². The van der Waals surface area contributed by atoms with Crippen molar-refractivity contribution < 1.29 is 14.6 Å². The number of carboxylic acid groups (broad SMARTS) is 1. The van der Waals surface area contributed by atoms with Gasteiger partial charge in [0.15, 0.2) is 0 Å². The highest BCUT2D eigenvalue weighted by molar-refractivity contribution is 14.1. The van der Waals surface area contributed by atoms with Gasteiger partial charge < -0.3 is 9.84 Å². The van der Waals surface area contributed by atoms with Gasteiger partial charge in [-0.15, -0.1) is 0 Å². The van der Waals surface area contributed by atoms with Crippen LogP contribution in [0.15, 0.2) is 18.2 Å². The zero-order valence-electron chi connectivity index (χ0n) is 8.50. The average Bonchev–Trinajstić information content (AvgIpc) is 2.17. The van der Waals surface area contributed by atoms with Crippen molar-refractivity contribution in [3.8, 4) is 5.75 Å². The lowest BCUT2D eigenvalue weighted by atomic mass is 10.1. The SMILES string of the molecule is COc1ccc(I)cc1CCCC(=O)O. The van der Waals surface area contributed by atoms with Gasteiger partial charge in [0.1, 0.15) is 5.75 Å². The maximum Gasteiger partial charge on any atom is 0.303 e. The maximum absolute atomic E-state index is 10.4. The number of ether oxygens (including phenoxy) is 1. The van der Waals surface area contributed by atoms with Crippen molar-refractivity contribution in [2.24, 2.45) is 0 Å². The van der Waals surface area contributed by atoms with Crippen LogP contribution in [0.25, 0.3) is 0 Å². The molecule has 1 N–H and O–H groups in total. The summed E-state index contributed by atoms with van der Waals surface area (Å²) in [4.78, 5) is 10.4. The number of halogens is 1. The highest BCUT2D eigenvalue weighted by Crippen LogP contribution is 2.22. The van der Waals surface area contributed by atoms with Gasteiger partial charge in [-0.3, -0.25) is 4.79 Å². The third-order valence-corrected chi connectivity index (χ3v) is 2.75. The zero-order valence-corrected chi connectivity index (χ0v) is 10.7. The fourth-order valence-electron chi connectivity index (χ4n) is 1.37. The summed E-state index contributed by atoms with van der Waals surface area (Å²) in [7, 11) is 1.63. The van der Waals surface area contributed by atoms with Gasteiger partial charge in [0.2, 0.25) is 0 Å². The first-order valence-corrected chi connectivity index (χ1v) is 5.75. The van der Waals surface area contributed by atoms with Crippen LogP contribution in [0.5, 0.6) is 5.75 Å². The lowest BCUT2D eigenvalue weighted by molar-refractivity contribution is -0.137. The van der Waals surface area contributed by atoms with Gasteiger partial charge in [0.25, 0.3) is 0 Å². The van der Waals surface area contributed by atoms with Crippen molar-refractivity contribution in [3.05, 3.63) is 27.3 Å². The summed E-state index contributed by atoms with van der Waals surface area (Å²) in [6.07, 6.45) is 1.59. The number of carboxylic acids is 1. The Hall–Kier alpha value is -0.780. The van der Waals surface area contributed by atoms with Crippen LogP contribution in [0.2, 0.25) is 0 Å². The topological polar surface area (TPSA) is 46.5 Å². The minimum Gasteiger partial charge on any atom is -0.496 e. The summed E-state index contributed by atoms with van der Waals surface area (Å²) in [5, 5.41) is 8.54. The minimum absolute atomic E-state index is 0.203. The molecule has 0 saturated carbocycles. The van der Waals surface area contributed by atoms with Crippen LogP contribution in [0.3, 0.4) is 0 Å². The third-order valence-electron chi connectivity index (χ3n) is 2.08. The number of aryl methyl sites for hydroxylation is 1. The maximum atomic E-state index is 10.4. The second-order valence-corrected chi connectivity index (χ2v) is 4.45. The van der Waals surface area contributed by atoms with Crippen LogP contribution in [0.1, 0.15) is 18.4 Å². The summed E-state index contributed by atoms with van der Waals surface area (Å²) >= 11 is 2.23. The average molecular weight is 320 g/mol. The molecule has 0 atom stereocenters. The molecule has 0 saturated heterocycles. The molecule has 0 radical (unpaired) electrons. The molecule has 3 nitrogen and oxygen atoms in total. The Morgan fingerprint density at radius 1 is 1.53 bits per heavy atom. The molecular formula is C11H13IO3. The molecule has 0 aromatic heterocycles. The first-order chi connectivity index (χ1) is 7.13. The monoisotopic (exact) mass is 320 g/mol. The predicted molar refractivity (Wildman–Crippen MR) is 66.3 cm³/mol. The van der Waals surface area contributed by atoms with Crippen LogP contribution in [0.4, 0.5) is 0 Å². The number of rotatable bonds is 5. The third kappa shape index (κ3) is 4.07. The summed E-state index contributed by atoms with van der Waals surface area (Å²) in [6, 6.07) is 5.92. The second kappa shape index (κ2) is 5.95. The van der Waals surface area contributed by atoms with Crippen LogP contribution < -0.4 is 4.74 Å². The van der Waals surface area contributed by atoms with E-state index in [0.717, 1.165) is 21.3 Å². The standard InChI is InChI=1S/C11H13IO3/c1-15-10-6-5-9(12)7-8(10)3-2-4-11(13)14/h5-7H,2-4H2,1H3,(H,13,14). The Morgan fingerprint density at radius 2 is 2.27 bits per heavy atom. The molecule has 0 aliphatic heterocycles. The van der Waals surface area contributed by atoms with Crippen LogP contribution in [0, 0.1) is 3.57 Å². The molecule has 15 heavy (non-hydrogen) atoms. The minimum atomic E-state index is -0.750. The Balaban J connectivity index is 2.65. The van der Waals surface area contributed by atoms with Crippen molar-refractivity contribution >= 4 is 28.6 Å². The first-order valence-electron chi connectivity index (χ1n) is 4.67. The molecule has 0 amide bonds. The number of methoxy groups -OCH3 is 1. The molecule has 1 aromatic carbocycles. The molecule has 0 aliphatic rings. The van der Waals surface area contributed by atoms with Crippen molar-refractivity contribution in [2.45, 2.75) is 19.3 Å². The Morgan fingerprint density at radius 3 is 2.87 bits per heavy atom. The van der Waals surface area contributed by atoms with Crippen LogP contribution >= 0.6 is 22.6 Å². The van der Waals surface area contributed by atoms with Crippen molar-refractivity contribution in [2.75, 3.05) is 7.11 Å². The van der Waals surface area contributed by atoms with E-state index in [1.54, 1.807) is 7.11 Å². The summed E-state index contributed by atoms with van der Waals surface area (Å²) in [5.41, 5.74) is 1.07. The highest BCUT2D eigenvalue weighted by Gasteiger charge is 2.04. The molecule has 4 heteroatoms. The van der Waals surface area contributed by atoms with Gasteiger partial charge in [-0.2, -0.15) is 0 Å². The largest absolute Gasteiger partial charge is 0.496 e. The molecule has 0 aliphatic carbocycles. The molecule has 82 valence electrons. The Labute approximate surface area is 103 Å². The summed E-state index contributed by atoms with van der Waals surface area (Å²) < 4.78 is 6.34. The molecule has 1 rings (SSSR count). The predicted octanol–water partition coefficient (Wildman–Crippen LogP) is 2.71. The molecule has 1 aromatic rings. The number of aliphatic carboxylic acids is 1. The van der Waals surface area contributed by atoms with Crippen molar-refractivity contribution in [3.63, 3.8) is 0 Å². The number of carbonyl (C=O) groups is 1. The quantitative estimate of drug-likeness (QED) is 0.849. The van der Waals surface area contributed by atoms with E-state index in [2.05, 4.69) is 22.6 Å². The molecule has 0 unspecified atom stereocenters. The smallest absolute Gasteiger partial charge is 0.303 e. The molecule has 0 fully saturated rings. The molecular weight excluding hydrogens is 307 g/mol. The van der Waals surface area contributed by atoms with Crippen LogP contribution in [-0.4, -0.2) is 18.2 Å². The van der Waals surface area contributed by atoms with Gasteiger partial charge in [0.05, 0.1) is 7.11 Å². The number of hydrogen-bond donors (Lipinski definition) is 1. The van der Waals surface area contributed by atoms with Gasteiger partial charge in [0, 0.05) is 9.99 Å². The van der Waals surface area contributed by atoms with Crippen molar-refractivity contribution in [1.82, 2.24) is 0 Å². The number of hydrogen-bond acceptors (Lipinski definition) is 2. The Bertz CT molecular complexity index is 350. The lowest BCUT2D eigenvalue weighted by Gasteiger charge is -2.08. The van der Waals surface area contributed by atoms with Gasteiger partial charge >= 0.3 is 5.97 Å². The molecule has 0 heterocycles. The molecule has 0 spiro atoms. The number of benzene rings is 1. The summed E-state index contributed by atoms with van der Waals surface area (Å²) in [6.45, 7) is 0. The first kappa shape index (κ1) is 12.3. The summed E-state index contributed by atoms with van der Waals surface area (Å²) in [5.74, 6) is 0.0837. The van der Waals surface area contributed by atoms with Crippen molar-refractivity contribution in [1.29, 1.82) is 0 Å². The van der Waals surface area contributed by atoms with Gasteiger partial charge in [-0.1, -0.05) is 0 Å². The van der Waals surface area contributed by atoms with E-state index in [-0.39, 0.29) is 6.42 Å². The Kier molecular flexibility index (Phi) is 4.87. The molecule has 0 bridgehead atoms. The van der Waals surface area contributed by atoms with E-state index in [9.17, 15) is 4.79 Å². The second-order valence-electron chi connectivity index (χ2n) is 3.20. The normalized spacial score (nSPS) is 10.0. The fourth-order valence-corrected chi connectivity index (χ4v) is 1.93. The van der Waals surface area contributed by atoms with E-state index < -0.39 is 5.97 Å². The highest BCUT2D eigenvalue weighted by atomic mass is 127. The van der Waals surface area contributed by atoms with Crippen LogP contribution in [-0.2, 0) is 11.2 Å².